The zero-order chi connectivity index (χ0) is 33.9. The molecule has 8 aromatic carbocycles. The molecule has 0 bridgehead atoms. The van der Waals surface area contributed by atoms with Crippen molar-refractivity contribution in [3.8, 4) is 50.5 Å². The van der Waals surface area contributed by atoms with E-state index in [4.69, 9.17) is 0 Å². The van der Waals surface area contributed by atoms with Gasteiger partial charge in [-0.3, -0.25) is 0 Å². The quantitative estimate of drug-likeness (QED) is 0.197. The minimum Gasteiger partial charge on any atom is -0.507 e. The largest absolute Gasteiger partial charge is 0.507 e. The Morgan fingerprint density at radius 2 is 0.765 bits per heavy atom. The Balaban J connectivity index is 1.06. The van der Waals surface area contributed by atoms with Gasteiger partial charge in [-0.1, -0.05) is 115 Å². The van der Waals surface area contributed by atoms with Crippen LogP contribution >= 0.6 is 0 Å². The number of phenols is 1. The SMILES string of the molecule is Oc1ccccc1-c1cccc(-c2ccc(-n3c4ccccc4c4cc(-c5ccc6c(c5)c5ccccc5n6-c5ccccc5)ccc43)cc2)c1. The van der Waals surface area contributed by atoms with E-state index < -0.39 is 0 Å². The molecule has 1 N–H and O–H groups in total. The lowest BCUT2D eigenvalue weighted by atomic mass is 9.98. The van der Waals surface area contributed by atoms with Crippen LogP contribution < -0.4 is 0 Å². The second kappa shape index (κ2) is 11.6. The van der Waals surface area contributed by atoms with E-state index >= 15 is 0 Å². The first kappa shape index (κ1) is 29.1. The third kappa shape index (κ3) is 4.74. The number of hydrogen-bond donors (Lipinski definition) is 1. The molecule has 3 heteroatoms. The van der Waals surface area contributed by atoms with E-state index in [1.165, 1.54) is 60.4 Å². The maximum Gasteiger partial charge on any atom is 0.123 e. The van der Waals surface area contributed by atoms with Crippen LogP contribution in [0.25, 0.3) is 88.4 Å². The molecular weight excluding hydrogens is 621 g/mol. The monoisotopic (exact) mass is 652 g/mol. The maximum atomic E-state index is 10.4. The standard InChI is InChI=1S/C48H32N2O/c51-48-20-9-6-15-39(48)36-12-10-11-33(29-36)32-21-25-38(26-22-32)50-45-19-8-5-17-41(45)43-31-35(24-28-47(43)50)34-23-27-46-42(30-34)40-16-4-7-18-44(40)49(46)37-13-2-1-3-14-37/h1-31,51H. The van der Waals surface area contributed by atoms with Gasteiger partial charge >= 0.3 is 0 Å². The Hall–Kier alpha value is -6.84. The van der Waals surface area contributed by atoms with Gasteiger partial charge in [0.25, 0.3) is 0 Å². The minimum absolute atomic E-state index is 0.288. The molecule has 2 heterocycles. The smallest absolute Gasteiger partial charge is 0.123 e. The van der Waals surface area contributed by atoms with Gasteiger partial charge in [-0.25, -0.2) is 0 Å². The summed E-state index contributed by atoms with van der Waals surface area (Å²) in [5, 5.41) is 15.4. The first-order chi connectivity index (χ1) is 25.2. The van der Waals surface area contributed by atoms with Crippen LogP contribution in [0.2, 0.25) is 0 Å². The second-order valence-electron chi connectivity index (χ2n) is 13.1. The van der Waals surface area contributed by atoms with Crippen LogP contribution in [-0.2, 0) is 0 Å². The van der Waals surface area contributed by atoms with Crippen molar-refractivity contribution in [2.45, 2.75) is 0 Å². The van der Waals surface area contributed by atoms with E-state index in [0.717, 1.165) is 27.9 Å². The van der Waals surface area contributed by atoms with Gasteiger partial charge in [0.2, 0.25) is 0 Å². The number of para-hydroxylation sites is 4. The van der Waals surface area contributed by atoms with Crippen molar-refractivity contribution in [2.24, 2.45) is 0 Å². The van der Waals surface area contributed by atoms with E-state index in [9.17, 15) is 5.11 Å². The average Bonchev–Trinajstić information content (AvgIpc) is 3.71. The Labute approximate surface area is 295 Å². The predicted molar refractivity (Wildman–Crippen MR) is 213 cm³/mol. The highest BCUT2D eigenvalue weighted by Gasteiger charge is 2.16. The van der Waals surface area contributed by atoms with Crippen molar-refractivity contribution in [2.75, 3.05) is 0 Å². The van der Waals surface area contributed by atoms with Crippen LogP contribution in [0.4, 0.5) is 0 Å². The van der Waals surface area contributed by atoms with Crippen LogP contribution in [0.3, 0.4) is 0 Å². The lowest BCUT2D eigenvalue weighted by molar-refractivity contribution is 0.477. The molecule has 10 aromatic rings. The summed E-state index contributed by atoms with van der Waals surface area (Å²) < 4.78 is 4.73. The van der Waals surface area contributed by atoms with Gasteiger partial charge in [-0.15, -0.1) is 0 Å². The van der Waals surface area contributed by atoms with Crippen LogP contribution in [0.15, 0.2) is 188 Å². The van der Waals surface area contributed by atoms with Crippen molar-refractivity contribution in [1.29, 1.82) is 0 Å². The molecule has 240 valence electrons. The zero-order valence-electron chi connectivity index (χ0n) is 27.7. The van der Waals surface area contributed by atoms with Gasteiger partial charge in [0.05, 0.1) is 22.1 Å². The third-order valence-corrected chi connectivity index (χ3v) is 10.2. The molecule has 51 heavy (non-hydrogen) atoms. The Kier molecular flexibility index (Phi) is 6.65. The summed E-state index contributed by atoms with van der Waals surface area (Å²) in [6, 6.07) is 66.4. The molecule has 0 amide bonds. The maximum absolute atomic E-state index is 10.4. The summed E-state index contributed by atoms with van der Waals surface area (Å²) in [5.41, 5.74) is 13.5. The number of rotatable bonds is 5. The van der Waals surface area contributed by atoms with Crippen molar-refractivity contribution in [3.05, 3.63) is 188 Å². The molecule has 0 atom stereocenters. The lowest BCUT2D eigenvalue weighted by Crippen LogP contribution is -1.94. The molecule has 0 unspecified atom stereocenters. The van der Waals surface area contributed by atoms with E-state index in [0.29, 0.717) is 0 Å². The van der Waals surface area contributed by atoms with Crippen molar-refractivity contribution in [1.82, 2.24) is 9.13 Å². The molecule has 0 aliphatic carbocycles. The summed E-state index contributed by atoms with van der Waals surface area (Å²) >= 11 is 0. The van der Waals surface area contributed by atoms with Gasteiger partial charge in [0.1, 0.15) is 5.75 Å². The number of hydrogen-bond acceptors (Lipinski definition) is 1. The van der Waals surface area contributed by atoms with Crippen molar-refractivity contribution >= 4 is 43.6 Å². The first-order valence-electron chi connectivity index (χ1n) is 17.3. The Bertz CT molecular complexity index is 2910. The fourth-order valence-electron chi connectivity index (χ4n) is 7.83. The number of fused-ring (bicyclic) bond motifs is 6. The van der Waals surface area contributed by atoms with Crippen LogP contribution in [0, 0.1) is 0 Å². The highest BCUT2D eigenvalue weighted by atomic mass is 16.3. The third-order valence-electron chi connectivity index (χ3n) is 10.2. The molecular formula is C48H32N2O. The summed E-state index contributed by atoms with van der Waals surface area (Å²) in [7, 11) is 0. The molecule has 0 spiro atoms. The van der Waals surface area contributed by atoms with Crippen molar-refractivity contribution in [3.63, 3.8) is 0 Å². The molecule has 0 aliphatic rings. The van der Waals surface area contributed by atoms with E-state index in [2.05, 4.69) is 167 Å². The van der Waals surface area contributed by atoms with E-state index in [1.54, 1.807) is 6.07 Å². The molecule has 0 fully saturated rings. The van der Waals surface area contributed by atoms with E-state index in [-0.39, 0.29) is 5.75 Å². The van der Waals surface area contributed by atoms with Crippen LogP contribution in [0.1, 0.15) is 0 Å². The van der Waals surface area contributed by atoms with Crippen molar-refractivity contribution < 1.29 is 5.11 Å². The summed E-state index contributed by atoms with van der Waals surface area (Å²) in [5.74, 6) is 0.288. The number of nitrogens with zero attached hydrogens (tertiary/aromatic N) is 2. The molecule has 0 saturated carbocycles. The Morgan fingerprint density at radius 1 is 0.294 bits per heavy atom. The van der Waals surface area contributed by atoms with Gasteiger partial charge in [0.15, 0.2) is 0 Å². The zero-order valence-corrected chi connectivity index (χ0v) is 27.7. The molecule has 0 saturated heterocycles. The second-order valence-corrected chi connectivity index (χ2v) is 13.1. The average molecular weight is 653 g/mol. The summed E-state index contributed by atoms with van der Waals surface area (Å²) in [6.45, 7) is 0. The molecule has 10 rings (SSSR count). The molecule has 2 aromatic heterocycles. The molecule has 3 nitrogen and oxygen atoms in total. The fourth-order valence-corrected chi connectivity index (χ4v) is 7.83. The summed E-state index contributed by atoms with van der Waals surface area (Å²) in [4.78, 5) is 0. The Morgan fingerprint density at radius 3 is 1.39 bits per heavy atom. The predicted octanol–water partition coefficient (Wildman–Crippen LogP) is 12.6. The van der Waals surface area contributed by atoms with E-state index in [1.807, 2.05) is 24.3 Å². The molecule has 0 radical (unpaired) electrons. The number of benzene rings is 8. The minimum atomic E-state index is 0.288. The van der Waals surface area contributed by atoms with Gasteiger partial charge in [0, 0.05) is 38.5 Å². The number of aromatic nitrogens is 2. The lowest BCUT2D eigenvalue weighted by Gasteiger charge is -2.11. The first-order valence-corrected chi connectivity index (χ1v) is 17.3. The van der Waals surface area contributed by atoms with Gasteiger partial charge in [-0.05, 0) is 101 Å². The topological polar surface area (TPSA) is 30.1 Å². The fraction of sp³-hybridized carbons (Fsp3) is 0. The number of aromatic hydroxyl groups is 1. The summed E-state index contributed by atoms with van der Waals surface area (Å²) in [6.07, 6.45) is 0. The highest BCUT2D eigenvalue weighted by Crippen LogP contribution is 2.39. The molecule has 0 aliphatic heterocycles. The van der Waals surface area contributed by atoms with Crippen LogP contribution in [0.5, 0.6) is 5.75 Å². The highest BCUT2D eigenvalue weighted by molar-refractivity contribution is 6.12. The number of phenolic OH excluding ortho intramolecular Hbond substituents is 1. The van der Waals surface area contributed by atoms with Gasteiger partial charge in [-0.2, -0.15) is 0 Å². The normalized spacial score (nSPS) is 11.6. The van der Waals surface area contributed by atoms with Crippen LogP contribution in [-0.4, -0.2) is 14.2 Å². The van der Waals surface area contributed by atoms with Gasteiger partial charge < -0.3 is 14.2 Å².